The number of aromatic nitrogens is 2. The van der Waals surface area contributed by atoms with Gasteiger partial charge in [0.15, 0.2) is 0 Å². The van der Waals surface area contributed by atoms with Crippen molar-refractivity contribution in [1.29, 1.82) is 0 Å². The van der Waals surface area contributed by atoms with E-state index in [1.165, 1.54) is 17.4 Å². The van der Waals surface area contributed by atoms with Crippen LogP contribution in [0.25, 0.3) is 0 Å². The number of hydrogen-bond acceptors (Lipinski definition) is 12. The van der Waals surface area contributed by atoms with Gasteiger partial charge in [-0.05, 0) is 31.6 Å². The minimum absolute atomic E-state index is 0.151. The third-order valence-electron chi connectivity index (χ3n) is 8.24. The molecule has 0 aliphatic carbocycles. The Balaban J connectivity index is 2.01. The number of carboxylic acid groups (broad SMARTS) is 2. The monoisotopic (exact) mass is 752 g/mol. The second kappa shape index (κ2) is 21.0. The molecule has 0 bridgehead atoms. The molecular formula is C31H48N10O12. The van der Waals surface area contributed by atoms with E-state index in [2.05, 4.69) is 36.6 Å². The van der Waals surface area contributed by atoms with Gasteiger partial charge in [-0.2, -0.15) is 0 Å². The molecule has 1 aromatic heterocycles. The highest BCUT2D eigenvalue weighted by molar-refractivity contribution is 5.96. The average Bonchev–Trinajstić information content (AvgIpc) is 3.81. The molecule has 294 valence electrons. The number of H-pyrrole nitrogens is 1. The number of aromatic amines is 1. The zero-order chi connectivity index (χ0) is 39.8. The van der Waals surface area contributed by atoms with Crippen LogP contribution >= 0.6 is 0 Å². The van der Waals surface area contributed by atoms with Crippen LogP contribution < -0.4 is 38.1 Å². The van der Waals surface area contributed by atoms with E-state index in [0.717, 1.165) is 0 Å². The van der Waals surface area contributed by atoms with Gasteiger partial charge < -0.3 is 63.3 Å². The maximum absolute atomic E-state index is 13.5. The van der Waals surface area contributed by atoms with Gasteiger partial charge in [0.2, 0.25) is 41.4 Å². The van der Waals surface area contributed by atoms with Gasteiger partial charge in [0.1, 0.15) is 30.2 Å². The lowest BCUT2D eigenvalue weighted by molar-refractivity contribution is -0.143. The normalized spacial score (nSPS) is 16.7. The highest BCUT2D eigenvalue weighted by Crippen LogP contribution is 2.20. The highest BCUT2D eigenvalue weighted by atomic mass is 16.4. The number of imidazole rings is 1. The van der Waals surface area contributed by atoms with Crippen molar-refractivity contribution in [2.75, 3.05) is 19.7 Å². The zero-order valence-electron chi connectivity index (χ0n) is 29.3. The fourth-order valence-electron chi connectivity index (χ4n) is 5.31. The van der Waals surface area contributed by atoms with E-state index in [1.807, 2.05) is 0 Å². The first-order chi connectivity index (χ1) is 24.9. The summed E-state index contributed by atoms with van der Waals surface area (Å²) >= 11 is 0. The number of amides is 7. The van der Waals surface area contributed by atoms with Gasteiger partial charge in [-0.25, -0.2) is 9.78 Å². The number of carbonyl (C=O) groups is 9. The van der Waals surface area contributed by atoms with E-state index in [4.69, 9.17) is 16.6 Å². The largest absolute Gasteiger partial charge is 0.481 e. The Morgan fingerprint density at radius 2 is 1.58 bits per heavy atom. The Morgan fingerprint density at radius 3 is 2.15 bits per heavy atom. The van der Waals surface area contributed by atoms with Gasteiger partial charge in [-0.15, -0.1) is 0 Å². The molecule has 0 spiro atoms. The molecule has 1 aliphatic heterocycles. The second-order valence-corrected chi connectivity index (χ2v) is 12.7. The summed E-state index contributed by atoms with van der Waals surface area (Å²) in [6.07, 6.45) is 1.91. The fourth-order valence-corrected chi connectivity index (χ4v) is 5.31. The summed E-state index contributed by atoms with van der Waals surface area (Å²) in [5.41, 5.74) is 11.4. The molecule has 1 aromatic rings. The minimum atomic E-state index is -1.65. The number of hydrogen-bond donors (Lipinski definition) is 11. The molecule has 0 aromatic carbocycles. The van der Waals surface area contributed by atoms with E-state index >= 15 is 0 Å². The van der Waals surface area contributed by atoms with Crippen molar-refractivity contribution in [1.82, 2.24) is 41.5 Å². The predicted octanol–water partition coefficient (Wildman–Crippen LogP) is -4.81. The first-order valence-electron chi connectivity index (χ1n) is 16.8. The van der Waals surface area contributed by atoms with Crippen molar-refractivity contribution in [3.63, 3.8) is 0 Å². The number of nitrogens with one attached hydrogen (secondary N) is 6. The van der Waals surface area contributed by atoms with Crippen LogP contribution in [-0.2, 0) is 49.6 Å². The molecular weight excluding hydrogens is 704 g/mol. The SMILES string of the molecule is CC(C)[C@H](NC(=O)[C@@H](N)CCC(=O)O)C(=O)N1CCC[C@H]1C(=O)NCC(=O)N[C@@H](CO)C(=O)N[C@@H](CCC(N)=O)C(=O)N[C@@H](Cc1cnc[nH]1)C(=O)O. The van der Waals surface area contributed by atoms with Crippen molar-refractivity contribution >= 4 is 53.3 Å². The highest BCUT2D eigenvalue weighted by Gasteiger charge is 2.39. The number of rotatable bonds is 22. The molecule has 0 saturated carbocycles. The average molecular weight is 753 g/mol. The van der Waals surface area contributed by atoms with Crippen molar-refractivity contribution in [3.05, 3.63) is 18.2 Å². The Kier molecular flexibility index (Phi) is 17.3. The Hall–Kier alpha value is -5.64. The molecule has 2 rings (SSSR count). The molecule has 22 heteroatoms. The van der Waals surface area contributed by atoms with Crippen LogP contribution in [0.1, 0.15) is 58.1 Å². The van der Waals surface area contributed by atoms with Crippen LogP contribution in [-0.4, -0.2) is 139 Å². The van der Waals surface area contributed by atoms with Gasteiger partial charge in [-0.1, -0.05) is 13.8 Å². The van der Waals surface area contributed by atoms with E-state index < -0.39 is 109 Å². The van der Waals surface area contributed by atoms with Crippen LogP contribution in [0.15, 0.2) is 12.5 Å². The molecule has 22 nitrogen and oxygen atoms in total. The van der Waals surface area contributed by atoms with E-state index in [0.29, 0.717) is 12.1 Å². The Bertz CT molecular complexity index is 1490. The molecule has 7 amide bonds. The minimum Gasteiger partial charge on any atom is -0.481 e. The lowest BCUT2D eigenvalue weighted by Crippen LogP contribution is -2.58. The number of nitrogens with two attached hydrogens (primary N) is 2. The van der Waals surface area contributed by atoms with Crippen LogP contribution in [0, 0.1) is 5.92 Å². The number of aliphatic carboxylic acids is 2. The summed E-state index contributed by atoms with van der Waals surface area (Å²) in [6.45, 7) is 1.85. The topological polar surface area (TPSA) is 358 Å². The van der Waals surface area contributed by atoms with Gasteiger partial charge in [-0.3, -0.25) is 38.4 Å². The van der Waals surface area contributed by atoms with Crippen molar-refractivity contribution in [2.24, 2.45) is 17.4 Å². The lowest BCUT2D eigenvalue weighted by atomic mass is 10.0. The molecule has 1 saturated heterocycles. The number of nitrogens with zero attached hydrogens (tertiary/aromatic N) is 2. The summed E-state index contributed by atoms with van der Waals surface area (Å²) in [5, 5.41) is 39.9. The molecule has 1 aliphatic rings. The van der Waals surface area contributed by atoms with Gasteiger partial charge >= 0.3 is 11.9 Å². The smallest absolute Gasteiger partial charge is 0.326 e. The van der Waals surface area contributed by atoms with Crippen molar-refractivity contribution < 1.29 is 58.5 Å². The molecule has 0 unspecified atom stereocenters. The van der Waals surface area contributed by atoms with E-state index in [1.54, 1.807) is 13.8 Å². The first kappa shape index (κ1) is 43.5. The zero-order valence-corrected chi connectivity index (χ0v) is 29.3. The standard InChI is InChI=1S/C31H48N10O12/c1-15(2)25(40-26(47)17(32)5-8-24(45)46)30(51)41-9-3-4-21(41)29(50)35-12-23(44)37-20(13-42)28(49)38-18(6-7-22(33)43)27(48)39-19(31(52)53)10-16-11-34-14-36-16/h11,14-15,17-21,25,42H,3-10,12-13,32H2,1-2H3,(H2,33,43)(H,34,36)(H,35,50)(H,37,44)(H,38,49)(H,39,48)(H,40,47)(H,45,46)(H,52,53)/t17-,18-,19-,20-,21-,25-/m0/s1. The number of aliphatic hydroxyl groups is 1. The van der Waals surface area contributed by atoms with Gasteiger partial charge in [0.25, 0.3) is 0 Å². The first-order valence-corrected chi connectivity index (χ1v) is 16.8. The Labute approximate surface area is 303 Å². The lowest BCUT2D eigenvalue weighted by Gasteiger charge is -2.31. The maximum Gasteiger partial charge on any atom is 0.326 e. The molecule has 2 heterocycles. The Morgan fingerprint density at radius 1 is 0.925 bits per heavy atom. The number of aliphatic hydroxyl groups excluding tert-OH is 1. The van der Waals surface area contributed by atoms with Crippen LogP contribution in [0.3, 0.4) is 0 Å². The van der Waals surface area contributed by atoms with Crippen LogP contribution in [0.4, 0.5) is 0 Å². The molecule has 6 atom stereocenters. The van der Waals surface area contributed by atoms with E-state index in [9.17, 15) is 53.4 Å². The van der Waals surface area contributed by atoms with Gasteiger partial charge in [0, 0.05) is 37.7 Å². The molecule has 53 heavy (non-hydrogen) atoms. The number of carboxylic acids is 2. The van der Waals surface area contributed by atoms with Crippen molar-refractivity contribution in [3.8, 4) is 0 Å². The van der Waals surface area contributed by atoms with Gasteiger partial charge in [0.05, 0.1) is 25.5 Å². The predicted molar refractivity (Wildman–Crippen MR) is 181 cm³/mol. The fraction of sp³-hybridized carbons (Fsp3) is 0.613. The third-order valence-corrected chi connectivity index (χ3v) is 8.24. The second-order valence-electron chi connectivity index (χ2n) is 12.7. The van der Waals surface area contributed by atoms with Crippen LogP contribution in [0.5, 0.6) is 0 Å². The quantitative estimate of drug-likeness (QED) is 0.0530. The third kappa shape index (κ3) is 14.1. The van der Waals surface area contributed by atoms with Crippen LogP contribution in [0.2, 0.25) is 0 Å². The molecule has 1 fully saturated rings. The molecule has 13 N–H and O–H groups in total. The number of primary amides is 1. The number of carbonyl (C=O) groups excluding carboxylic acids is 7. The summed E-state index contributed by atoms with van der Waals surface area (Å²) < 4.78 is 0. The summed E-state index contributed by atoms with van der Waals surface area (Å²) in [5.74, 6) is -8.82. The number of likely N-dealkylation sites (tertiary alicyclic amines) is 1. The summed E-state index contributed by atoms with van der Waals surface area (Å²) in [7, 11) is 0. The summed E-state index contributed by atoms with van der Waals surface area (Å²) in [4.78, 5) is 120. The maximum atomic E-state index is 13.5. The summed E-state index contributed by atoms with van der Waals surface area (Å²) in [6, 6.07) is -7.89. The molecule has 0 radical (unpaired) electrons. The van der Waals surface area contributed by atoms with Crippen molar-refractivity contribution in [2.45, 2.75) is 95.0 Å². The van der Waals surface area contributed by atoms with E-state index in [-0.39, 0.29) is 45.1 Å².